The van der Waals surface area contributed by atoms with Crippen LogP contribution in [0.5, 0.6) is 5.75 Å². The van der Waals surface area contributed by atoms with Crippen LogP contribution in [0.25, 0.3) is 0 Å². The van der Waals surface area contributed by atoms with Crippen LogP contribution in [0.4, 0.5) is 18.9 Å². The van der Waals surface area contributed by atoms with Crippen molar-refractivity contribution in [2.45, 2.75) is 32.0 Å². The van der Waals surface area contributed by atoms with E-state index in [9.17, 15) is 18.3 Å². The van der Waals surface area contributed by atoms with E-state index in [0.29, 0.717) is 13.1 Å². The molecule has 1 atom stereocenters. The summed E-state index contributed by atoms with van der Waals surface area (Å²) in [5.41, 5.74) is 7.98. The highest BCUT2D eigenvalue weighted by atomic mass is 19.4. The summed E-state index contributed by atoms with van der Waals surface area (Å²) in [6, 6.07) is 13.4. The Bertz CT molecular complexity index is 858. The van der Waals surface area contributed by atoms with Gasteiger partial charge in [-0.1, -0.05) is 36.4 Å². The molecule has 0 radical (unpaired) electrons. The van der Waals surface area contributed by atoms with E-state index in [-0.39, 0.29) is 30.0 Å². The minimum atomic E-state index is -4.80. The lowest BCUT2D eigenvalue weighted by atomic mass is 10.1. The van der Waals surface area contributed by atoms with Crippen molar-refractivity contribution in [2.24, 2.45) is 10.7 Å². The quantitative estimate of drug-likeness (QED) is 0.506. The molecule has 0 aromatic heterocycles. The predicted octanol–water partition coefficient (Wildman–Crippen LogP) is 3.08. The first-order valence-electron chi connectivity index (χ1n) is 9.19. The molecule has 1 aliphatic rings. The van der Waals surface area contributed by atoms with Crippen molar-refractivity contribution in [3.05, 3.63) is 59.7 Å². The van der Waals surface area contributed by atoms with Gasteiger partial charge in [-0.25, -0.2) is 4.99 Å². The summed E-state index contributed by atoms with van der Waals surface area (Å²) in [7, 11) is 0. The number of aliphatic hydroxyl groups is 1. The highest BCUT2D eigenvalue weighted by Crippen LogP contribution is 2.29. The maximum Gasteiger partial charge on any atom is 0.573 e. The average molecular weight is 408 g/mol. The van der Waals surface area contributed by atoms with Crippen LogP contribution in [0, 0.1) is 0 Å². The number of alkyl halides is 3. The summed E-state index contributed by atoms with van der Waals surface area (Å²) in [5, 5.41) is 12.3. The number of hydrogen-bond acceptors (Lipinski definition) is 4. The van der Waals surface area contributed by atoms with E-state index in [0.717, 1.165) is 24.1 Å². The number of nitrogens with two attached hydrogens (primary N) is 1. The average Bonchev–Trinajstić information content (AvgIpc) is 3.06. The highest BCUT2D eigenvalue weighted by molar-refractivity contribution is 5.93. The molecule has 1 fully saturated rings. The van der Waals surface area contributed by atoms with Gasteiger partial charge in [0.2, 0.25) is 0 Å². The van der Waals surface area contributed by atoms with Gasteiger partial charge < -0.3 is 20.9 Å². The number of ether oxygens (including phenoxy) is 1. The summed E-state index contributed by atoms with van der Waals surface area (Å²) in [4.78, 5) is 6.42. The summed E-state index contributed by atoms with van der Waals surface area (Å²) >= 11 is 0. The molecule has 0 bridgehead atoms. The second kappa shape index (κ2) is 9.15. The number of guanidine groups is 1. The number of para-hydroxylation sites is 2. The zero-order chi connectivity index (χ0) is 20.9. The second-order valence-corrected chi connectivity index (χ2v) is 6.82. The summed E-state index contributed by atoms with van der Waals surface area (Å²) in [6.07, 6.45) is -4.33. The van der Waals surface area contributed by atoms with Crippen LogP contribution in [0.3, 0.4) is 0 Å². The Labute approximate surface area is 166 Å². The fourth-order valence-electron chi connectivity index (χ4n) is 3.19. The van der Waals surface area contributed by atoms with Gasteiger partial charge in [0.15, 0.2) is 11.7 Å². The molecule has 156 valence electrons. The molecular formula is C20H23F3N4O2. The number of anilines is 1. The van der Waals surface area contributed by atoms with Crippen molar-refractivity contribution in [3.63, 3.8) is 0 Å². The van der Waals surface area contributed by atoms with Crippen LogP contribution in [0.15, 0.2) is 53.5 Å². The maximum absolute atomic E-state index is 12.5. The van der Waals surface area contributed by atoms with E-state index >= 15 is 0 Å². The van der Waals surface area contributed by atoms with Gasteiger partial charge in [0.1, 0.15) is 0 Å². The van der Waals surface area contributed by atoms with Gasteiger partial charge in [-0.2, -0.15) is 0 Å². The fraction of sp³-hybridized carbons (Fsp3) is 0.350. The number of β-amino-alcohol motifs (C(OH)–C–C–N with tert-alkyl or cyclic N) is 1. The number of likely N-dealkylation sites (tertiary alicyclic amines) is 1. The zero-order valence-corrected chi connectivity index (χ0v) is 15.7. The number of benzene rings is 2. The maximum atomic E-state index is 12.5. The van der Waals surface area contributed by atoms with Gasteiger partial charge in [-0.3, -0.25) is 4.90 Å². The molecule has 2 aromatic rings. The number of nitrogens with one attached hydrogen (secondary N) is 1. The third-order valence-corrected chi connectivity index (χ3v) is 4.56. The van der Waals surface area contributed by atoms with Crippen LogP contribution >= 0.6 is 0 Å². The molecule has 1 saturated heterocycles. The molecule has 1 heterocycles. The summed E-state index contributed by atoms with van der Waals surface area (Å²) < 4.78 is 41.6. The normalized spacial score (nSPS) is 18.1. The molecule has 3 rings (SSSR count). The number of rotatable bonds is 6. The van der Waals surface area contributed by atoms with Crippen molar-refractivity contribution in [1.82, 2.24) is 4.90 Å². The summed E-state index contributed by atoms with van der Waals surface area (Å²) in [6.45, 7) is 2.43. The number of hydrogen-bond donors (Lipinski definition) is 3. The number of halogens is 3. The highest BCUT2D eigenvalue weighted by Gasteiger charge is 2.32. The topological polar surface area (TPSA) is 83.1 Å². The van der Waals surface area contributed by atoms with E-state index in [1.165, 1.54) is 18.2 Å². The molecule has 1 aliphatic heterocycles. The standard InChI is InChI=1S/C20H23F3N4O2/c21-20(22,23)29-18-8-4-3-7-17(18)26-19(24)25-11-14-5-1-2-6-15(14)12-27-10-9-16(28)13-27/h1-8,16,28H,9-13H2,(H3,24,25,26). The molecule has 2 aromatic carbocycles. The van der Waals surface area contributed by atoms with E-state index in [1.807, 2.05) is 24.3 Å². The first kappa shape index (κ1) is 20.9. The Balaban J connectivity index is 1.67. The molecule has 0 amide bonds. The van der Waals surface area contributed by atoms with Gasteiger partial charge in [-0.15, -0.1) is 13.2 Å². The Morgan fingerprint density at radius 1 is 1.17 bits per heavy atom. The third-order valence-electron chi connectivity index (χ3n) is 4.56. The molecule has 9 heteroatoms. The molecule has 0 aliphatic carbocycles. The number of nitrogens with zero attached hydrogens (tertiary/aromatic N) is 2. The van der Waals surface area contributed by atoms with Gasteiger partial charge in [0.05, 0.1) is 18.3 Å². The summed E-state index contributed by atoms with van der Waals surface area (Å²) in [5.74, 6) is -0.402. The third kappa shape index (κ3) is 6.37. The lowest BCUT2D eigenvalue weighted by molar-refractivity contribution is -0.274. The van der Waals surface area contributed by atoms with Gasteiger partial charge in [0.25, 0.3) is 0 Å². The minimum absolute atomic E-state index is 0.0189. The SMILES string of the molecule is NC(=NCc1ccccc1CN1CCC(O)C1)Nc1ccccc1OC(F)(F)F. The molecule has 0 saturated carbocycles. The molecule has 6 nitrogen and oxygen atoms in total. The lowest BCUT2D eigenvalue weighted by Crippen LogP contribution is -2.25. The van der Waals surface area contributed by atoms with Gasteiger partial charge >= 0.3 is 6.36 Å². The van der Waals surface area contributed by atoms with Crippen LogP contribution < -0.4 is 15.8 Å². The Morgan fingerprint density at radius 3 is 2.55 bits per heavy atom. The fourth-order valence-corrected chi connectivity index (χ4v) is 3.19. The molecule has 4 N–H and O–H groups in total. The second-order valence-electron chi connectivity index (χ2n) is 6.82. The van der Waals surface area contributed by atoms with Gasteiger partial charge in [0, 0.05) is 19.6 Å². The van der Waals surface area contributed by atoms with E-state index in [1.54, 1.807) is 6.07 Å². The monoisotopic (exact) mass is 408 g/mol. The number of aliphatic hydroxyl groups excluding tert-OH is 1. The number of aliphatic imine (C=N–C) groups is 1. The van der Waals surface area contributed by atoms with E-state index in [2.05, 4.69) is 19.9 Å². The van der Waals surface area contributed by atoms with Crippen molar-refractivity contribution in [3.8, 4) is 5.75 Å². The zero-order valence-electron chi connectivity index (χ0n) is 15.7. The molecule has 29 heavy (non-hydrogen) atoms. The van der Waals surface area contributed by atoms with Crippen molar-refractivity contribution in [2.75, 3.05) is 18.4 Å². The smallest absolute Gasteiger partial charge is 0.404 e. The van der Waals surface area contributed by atoms with Crippen LogP contribution in [-0.2, 0) is 13.1 Å². The molecule has 1 unspecified atom stereocenters. The molecular weight excluding hydrogens is 385 g/mol. The minimum Gasteiger partial charge on any atom is -0.404 e. The largest absolute Gasteiger partial charge is 0.573 e. The Kier molecular flexibility index (Phi) is 6.60. The Hall–Kier alpha value is -2.78. The van der Waals surface area contributed by atoms with Crippen LogP contribution in [-0.4, -0.2) is 41.5 Å². The molecule has 0 spiro atoms. The first-order chi connectivity index (χ1) is 13.8. The van der Waals surface area contributed by atoms with E-state index < -0.39 is 6.36 Å². The predicted molar refractivity (Wildman–Crippen MR) is 104 cm³/mol. The Morgan fingerprint density at radius 2 is 1.86 bits per heavy atom. The van der Waals surface area contributed by atoms with Crippen LogP contribution in [0.1, 0.15) is 17.5 Å². The van der Waals surface area contributed by atoms with E-state index in [4.69, 9.17) is 5.73 Å². The first-order valence-corrected chi connectivity index (χ1v) is 9.19. The van der Waals surface area contributed by atoms with Gasteiger partial charge in [-0.05, 0) is 29.7 Å². The lowest BCUT2D eigenvalue weighted by Gasteiger charge is -2.17. The van der Waals surface area contributed by atoms with Crippen molar-refractivity contribution < 1.29 is 23.0 Å². The van der Waals surface area contributed by atoms with Crippen molar-refractivity contribution in [1.29, 1.82) is 0 Å². The van der Waals surface area contributed by atoms with Crippen LogP contribution in [0.2, 0.25) is 0 Å². The van der Waals surface area contributed by atoms with Crippen molar-refractivity contribution >= 4 is 11.6 Å².